The predicted octanol–water partition coefficient (Wildman–Crippen LogP) is 2.06. The number of ether oxygens (including phenoxy) is 2. The van der Waals surface area contributed by atoms with Gasteiger partial charge in [0.1, 0.15) is 17.7 Å². The molecule has 0 aromatic heterocycles. The van der Waals surface area contributed by atoms with Crippen LogP contribution in [0.25, 0.3) is 0 Å². The first-order chi connectivity index (χ1) is 9.99. The van der Waals surface area contributed by atoms with E-state index in [1.54, 1.807) is 0 Å². The maximum absolute atomic E-state index is 13.4. The third kappa shape index (κ3) is 4.15. The van der Waals surface area contributed by atoms with Gasteiger partial charge in [0.05, 0.1) is 17.9 Å². The van der Waals surface area contributed by atoms with Gasteiger partial charge in [-0.1, -0.05) is 0 Å². The van der Waals surface area contributed by atoms with Crippen molar-refractivity contribution in [3.63, 3.8) is 0 Å². The Kier molecular flexibility index (Phi) is 5.14. The number of carbonyl (C=O) groups is 1. The minimum Gasteiger partial charge on any atom is -0.489 e. The van der Waals surface area contributed by atoms with Crippen molar-refractivity contribution in [3.05, 3.63) is 24.0 Å². The molecule has 1 saturated heterocycles. The minimum absolute atomic E-state index is 0.0736. The van der Waals surface area contributed by atoms with E-state index in [2.05, 4.69) is 5.32 Å². The fourth-order valence-electron chi connectivity index (χ4n) is 2.24. The number of amides is 1. The van der Waals surface area contributed by atoms with Crippen LogP contribution in [0.1, 0.15) is 26.7 Å². The topological polar surface area (TPSA) is 73.6 Å². The van der Waals surface area contributed by atoms with Crippen LogP contribution >= 0.6 is 0 Å². The lowest BCUT2D eigenvalue weighted by atomic mass is 10.2. The summed E-state index contributed by atoms with van der Waals surface area (Å²) in [6.07, 6.45) is 0.667. The number of anilines is 1. The smallest absolute Gasteiger partial charge is 0.253 e. The summed E-state index contributed by atoms with van der Waals surface area (Å²) in [6, 6.07) is 4.04. The van der Waals surface area contributed by atoms with Gasteiger partial charge in [0.2, 0.25) is 0 Å². The van der Waals surface area contributed by atoms with Gasteiger partial charge in [-0.2, -0.15) is 0 Å². The molecular formula is C15H21FN2O3. The van der Waals surface area contributed by atoms with E-state index in [4.69, 9.17) is 15.2 Å². The first-order valence-corrected chi connectivity index (χ1v) is 7.12. The third-order valence-corrected chi connectivity index (χ3v) is 3.23. The Bertz CT molecular complexity index is 508. The average Bonchev–Trinajstić information content (AvgIpc) is 2.90. The van der Waals surface area contributed by atoms with Crippen LogP contribution < -0.4 is 15.8 Å². The molecule has 1 aromatic carbocycles. The highest BCUT2D eigenvalue weighted by molar-refractivity contribution is 5.95. The summed E-state index contributed by atoms with van der Waals surface area (Å²) >= 11 is 0. The fourth-order valence-corrected chi connectivity index (χ4v) is 2.24. The first kappa shape index (κ1) is 15.7. The van der Waals surface area contributed by atoms with Gasteiger partial charge in [-0.3, -0.25) is 4.79 Å². The number of carbonyl (C=O) groups excluding carboxylic acids is 1. The molecule has 0 saturated carbocycles. The highest BCUT2D eigenvalue weighted by Crippen LogP contribution is 2.28. The molecule has 1 aromatic rings. The van der Waals surface area contributed by atoms with Gasteiger partial charge in [0.25, 0.3) is 5.91 Å². The maximum Gasteiger partial charge on any atom is 0.253 e. The molecule has 21 heavy (non-hydrogen) atoms. The Morgan fingerprint density at radius 1 is 1.52 bits per heavy atom. The molecule has 1 aliphatic rings. The Morgan fingerprint density at radius 2 is 2.29 bits per heavy atom. The second-order valence-corrected chi connectivity index (χ2v) is 5.36. The van der Waals surface area contributed by atoms with E-state index >= 15 is 0 Å². The molecule has 2 atom stereocenters. The molecule has 0 radical (unpaired) electrons. The lowest BCUT2D eigenvalue weighted by Gasteiger charge is -2.17. The SMILES string of the molecule is CC(C)Oc1ccc(F)cc1NC(=O)[C@@H]1CC[C@H](CN)O1. The van der Waals surface area contributed by atoms with Gasteiger partial charge in [0, 0.05) is 12.6 Å². The molecule has 3 N–H and O–H groups in total. The predicted molar refractivity (Wildman–Crippen MR) is 77.7 cm³/mol. The van der Waals surface area contributed by atoms with Gasteiger partial charge >= 0.3 is 0 Å². The molecule has 116 valence electrons. The summed E-state index contributed by atoms with van der Waals surface area (Å²) in [7, 11) is 0. The lowest BCUT2D eigenvalue weighted by Crippen LogP contribution is -2.30. The molecule has 5 nitrogen and oxygen atoms in total. The van der Waals surface area contributed by atoms with E-state index in [1.807, 2.05) is 13.8 Å². The van der Waals surface area contributed by atoms with Crippen LogP contribution in [0, 0.1) is 5.82 Å². The normalized spacial score (nSPS) is 21.6. The van der Waals surface area contributed by atoms with E-state index in [-0.39, 0.29) is 18.1 Å². The van der Waals surface area contributed by atoms with Crippen molar-refractivity contribution < 1.29 is 18.7 Å². The summed E-state index contributed by atoms with van der Waals surface area (Å²) in [5, 5.41) is 2.67. The summed E-state index contributed by atoms with van der Waals surface area (Å²) in [5.41, 5.74) is 5.83. The number of nitrogens with two attached hydrogens (primary N) is 1. The van der Waals surface area contributed by atoms with Crippen molar-refractivity contribution >= 4 is 11.6 Å². The molecule has 1 amide bonds. The molecule has 0 spiro atoms. The van der Waals surface area contributed by atoms with Crippen molar-refractivity contribution in [2.75, 3.05) is 11.9 Å². The van der Waals surface area contributed by atoms with Crippen LogP contribution in [-0.4, -0.2) is 30.8 Å². The lowest BCUT2D eigenvalue weighted by molar-refractivity contribution is -0.126. The van der Waals surface area contributed by atoms with Gasteiger partial charge in [-0.25, -0.2) is 4.39 Å². The Balaban J connectivity index is 2.07. The molecule has 1 fully saturated rings. The zero-order valence-electron chi connectivity index (χ0n) is 12.3. The van der Waals surface area contributed by atoms with Crippen LogP contribution in [0.4, 0.5) is 10.1 Å². The molecule has 6 heteroatoms. The highest BCUT2D eigenvalue weighted by Gasteiger charge is 2.30. The largest absolute Gasteiger partial charge is 0.489 e. The van der Waals surface area contributed by atoms with E-state index in [0.29, 0.717) is 24.4 Å². The Hall–Kier alpha value is -1.66. The summed E-state index contributed by atoms with van der Waals surface area (Å²) in [5.74, 6) is -0.299. The van der Waals surface area contributed by atoms with Gasteiger partial charge < -0.3 is 20.5 Å². The molecule has 0 aliphatic carbocycles. The number of nitrogens with one attached hydrogen (secondary N) is 1. The van der Waals surface area contributed by atoms with E-state index in [0.717, 1.165) is 6.42 Å². The molecule has 0 unspecified atom stereocenters. The van der Waals surface area contributed by atoms with Crippen LogP contribution in [0.15, 0.2) is 18.2 Å². The van der Waals surface area contributed by atoms with Crippen LogP contribution in [0.2, 0.25) is 0 Å². The molecule has 1 heterocycles. The van der Waals surface area contributed by atoms with Crippen LogP contribution in [0.5, 0.6) is 5.75 Å². The van der Waals surface area contributed by atoms with Crippen LogP contribution in [-0.2, 0) is 9.53 Å². The third-order valence-electron chi connectivity index (χ3n) is 3.23. The Labute approximate surface area is 123 Å². The van der Waals surface area contributed by atoms with Gasteiger partial charge in [-0.15, -0.1) is 0 Å². The van der Waals surface area contributed by atoms with Crippen molar-refractivity contribution in [1.29, 1.82) is 0 Å². The van der Waals surface area contributed by atoms with Gasteiger partial charge in [-0.05, 0) is 38.8 Å². The molecule has 0 bridgehead atoms. The van der Waals surface area contributed by atoms with Gasteiger partial charge in [0.15, 0.2) is 0 Å². The number of benzene rings is 1. The zero-order valence-corrected chi connectivity index (χ0v) is 12.3. The maximum atomic E-state index is 13.4. The van der Waals surface area contributed by atoms with E-state index in [9.17, 15) is 9.18 Å². The molecule has 1 aliphatic heterocycles. The summed E-state index contributed by atoms with van der Waals surface area (Å²) in [6.45, 7) is 4.12. The second-order valence-electron chi connectivity index (χ2n) is 5.36. The zero-order chi connectivity index (χ0) is 15.4. The summed E-state index contributed by atoms with van der Waals surface area (Å²) in [4.78, 5) is 12.2. The van der Waals surface area contributed by atoms with Crippen molar-refractivity contribution in [3.8, 4) is 5.75 Å². The van der Waals surface area contributed by atoms with Crippen molar-refractivity contribution in [2.45, 2.75) is 45.0 Å². The molecular weight excluding hydrogens is 275 g/mol. The quantitative estimate of drug-likeness (QED) is 0.872. The Morgan fingerprint density at radius 3 is 2.90 bits per heavy atom. The monoisotopic (exact) mass is 296 g/mol. The summed E-state index contributed by atoms with van der Waals surface area (Å²) < 4.78 is 24.5. The highest BCUT2D eigenvalue weighted by atomic mass is 19.1. The number of hydrogen-bond donors (Lipinski definition) is 2. The van der Waals surface area contributed by atoms with E-state index in [1.165, 1.54) is 18.2 Å². The fraction of sp³-hybridized carbons (Fsp3) is 0.533. The number of rotatable bonds is 5. The van der Waals surface area contributed by atoms with Crippen molar-refractivity contribution in [2.24, 2.45) is 5.73 Å². The minimum atomic E-state index is -0.547. The van der Waals surface area contributed by atoms with Crippen LogP contribution in [0.3, 0.4) is 0 Å². The van der Waals surface area contributed by atoms with E-state index < -0.39 is 11.9 Å². The number of hydrogen-bond acceptors (Lipinski definition) is 4. The molecule has 2 rings (SSSR count). The standard InChI is InChI=1S/C15H21FN2O3/c1-9(2)20-13-5-3-10(16)7-12(13)18-15(19)14-6-4-11(8-17)21-14/h3,5,7,9,11,14H,4,6,8,17H2,1-2H3,(H,18,19)/t11-,14+/m1/s1. The first-order valence-electron chi connectivity index (χ1n) is 7.12. The second kappa shape index (κ2) is 6.87. The van der Waals surface area contributed by atoms with Crippen molar-refractivity contribution in [1.82, 2.24) is 0 Å². The number of halogens is 1. The average molecular weight is 296 g/mol.